The molecule has 11 heteroatoms. The first kappa shape index (κ1) is 41.2. The number of anilines is 1. The number of amides is 2. The lowest BCUT2D eigenvalue weighted by molar-refractivity contribution is -0.141. The van der Waals surface area contributed by atoms with Crippen LogP contribution in [0.1, 0.15) is 72.4 Å². The summed E-state index contributed by atoms with van der Waals surface area (Å²) in [6.07, 6.45) is 5.22. The van der Waals surface area contributed by atoms with E-state index >= 15 is 0 Å². The molecular formula is C50H54ClN5O5. The van der Waals surface area contributed by atoms with Crippen molar-refractivity contribution < 1.29 is 23.9 Å². The number of likely N-dealkylation sites (tertiary alicyclic amines) is 1. The number of aldehydes is 1. The zero-order valence-corrected chi connectivity index (χ0v) is 35.3. The van der Waals surface area contributed by atoms with Crippen molar-refractivity contribution in [2.45, 2.75) is 69.2 Å². The lowest BCUT2D eigenvalue weighted by Crippen LogP contribution is -2.69. The van der Waals surface area contributed by atoms with E-state index in [2.05, 4.69) is 117 Å². The van der Waals surface area contributed by atoms with Crippen LogP contribution in [-0.4, -0.2) is 108 Å². The number of piperazine rings is 1. The third kappa shape index (κ3) is 8.82. The first-order chi connectivity index (χ1) is 29.9. The van der Waals surface area contributed by atoms with Crippen LogP contribution in [0, 0.1) is 5.92 Å². The predicted octanol–water partition coefficient (Wildman–Crippen LogP) is 6.76. The molecule has 4 aromatic rings. The number of piperidine rings is 3. The SMILES string of the molecule is O=CC(=O)C1c2cc(N3C4CC3CN(CC3CCN(CCOc5ccc(C(=C(CCCl)c6ccccc6)c6ccccc6)cc5)CC3)C4)ccc2CN1C1CCC(=O)NC1=O. The average molecular weight is 840 g/mol. The number of fused-ring (bicyclic) bond motifs is 3. The molecule has 6 aliphatic heterocycles. The minimum absolute atomic E-state index is 0.219. The van der Waals surface area contributed by atoms with E-state index in [0.717, 1.165) is 80.2 Å². The van der Waals surface area contributed by atoms with Crippen molar-refractivity contribution in [3.05, 3.63) is 131 Å². The number of nitrogens with one attached hydrogen (secondary N) is 1. The van der Waals surface area contributed by atoms with Gasteiger partial charge in [-0.05, 0) is 114 Å². The number of Topliss-reactive ketones (excluding diaryl/α,β-unsaturated/α-hetero) is 1. The minimum Gasteiger partial charge on any atom is -0.492 e. The highest BCUT2D eigenvalue weighted by molar-refractivity contribution is 6.27. The van der Waals surface area contributed by atoms with E-state index in [1.54, 1.807) is 4.90 Å². The highest BCUT2D eigenvalue weighted by Crippen LogP contribution is 2.43. The van der Waals surface area contributed by atoms with Gasteiger partial charge in [0, 0.05) is 62.8 Å². The van der Waals surface area contributed by atoms with Crippen LogP contribution in [0.25, 0.3) is 11.1 Å². The third-order valence-electron chi connectivity index (χ3n) is 13.5. The van der Waals surface area contributed by atoms with Gasteiger partial charge >= 0.3 is 0 Å². The topological polar surface area (TPSA) is 102 Å². The number of rotatable bonds is 15. The fraction of sp³-hybridized carbons (Fsp3) is 0.400. The minimum atomic E-state index is -0.810. The monoisotopic (exact) mass is 839 g/mol. The zero-order valence-electron chi connectivity index (χ0n) is 34.6. The van der Waals surface area contributed by atoms with E-state index in [4.69, 9.17) is 16.3 Å². The Morgan fingerprint density at radius 2 is 1.51 bits per heavy atom. The maximum absolute atomic E-state index is 13.0. The maximum Gasteiger partial charge on any atom is 0.243 e. The van der Waals surface area contributed by atoms with Crippen LogP contribution in [0.3, 0.4) is 0 Å². The van der Waals surface area contributed by atoms with Gasteiger partial charge in [0.25, 0.3) is 0 Å². The molecular weight excluding hydrogens is 786 g/mol. The smallest absolute Gasteiger partial charge is 0.243 e. The number of allylic oxidation sites excluding steroid dienone is 1. The third-order valence-corrected chi connectivity index (χ3v) is 13.7. The van der Waals surface area contributed by atoms with Gasteiger partial charge in [-0.3, -0.25) is 39.2 Å². The maximum atomic E-state index is 13.0. The Morgan fingerprint density at radius 1 is 0.820 bits per heavy atom. The molecule has 4 aromatic carbocycles. The summed E-state index contributed by atoms with van der Waals surface area (Å²) in [6.45, 7) is 7.28. The number of ketones is 1. The summed E-state index contributed by atoms with van der Waals surface area (Å²) in [5, 5.41) is 2.41. The van der Waals surface area contributed by atoms with Crippen LogP contribution in [0.15, 0.2) is 103 Å². The first-order valence-corrected chi connectivity index (χ1v) is 22.5. The molecule has 10 rings (SSSR count). The van der Waals surface area contributed by atoms with E-state index in [9.17, 15) is 19.2 Å². The van der Waals surface area contributed by atoms with E-state index < -0.39 is 23.8 Å². The Labute approximate surface area is 363 Å². The summed E-state index contributed by atoms with van der Waals surface area (Å²) < 4.78 is 6.29. The van der Waals surface area contributed by atoms with Gasteiger partial charge in [0.2, 0.25) is 17.6 Å². The van der Waals surface area contributed by atoms with Gasteiger partial charge in [0.15, 0.2) is 6.29 Å². The number of carbonyl (C=O) groups excluding carboxylic acids is 4. The fourth-order valence-corrected chi connectivity index (χ4v) is 10.8. The van der Waals surface area contributed by atoms with Crippen molar-refractivity contribution in [1.82, 2.24) is 20.0 Å². The van der Waals surface area contributed by atoms with Gasteiger partial charge in [-0.1, -0.05) is 78.9 Å². The Bertz CT molecular complexity index is 2250. The molecule has 0 spiro atoms. The van der Waals surface area contributed by atoms with Crippen molar-refractivity contribution in [1.29, 1.82) is 0 Å². The number of hydrogen-bond acceptors (Lipinski definition) is 9. The summed E-state index contributed by atoms with van der Waals surface area (Å²) in [6, 6.07) is 35.2. The molecule has 0 aromatic heterocycles. The number of halogens is 1. The fourth-order valence-electron chi connectivity index (χ4n) is 10.6. The molecule has 0 saturated carbocycles. The van der Waals surface area contributed by atoms with Crippen molar-refractivity contribution in [3.8, 4) is 5.75 Å². The number of benzene rings is 4. The van der Waals surface area contributed by atoms with Crippen molar-refractivity contribution in [2.24, 2.45) is 5.92 Å². The summed E-state index contributed by atoms with van der Waals surface area (Å²) >= 11 is 6.36. The Hall–Kier alpha value is -5.13. The Balaban J connectivity index is 0.753. The van der Waals surface area contributed by atoms with Crippen molar-refractivity contribution in [2.75, 3.05) is 56.7 Å². The average Bonchev–Trinajstić information content (AvgIpc) is 3.66. The van der Waals surface area contributed by atoms with E-state index in [-0.39, 0.29) is 12.3 Å². The Morgan fingerprint density at radius 3 is 2.18 bits per heavy atom. The highest BCUT2D eigenvalue weighted by atomic mass is 35.5. The predicted molar refractivity (Wildman–Crippen MR) is 238 cm³/mol. The lowest BCUT2D eigenvalue weighted by Gasteiger charge is -2.58. The molecule has 4 unspecified atom stereocenters. The quantitative estimate of drug-likeness (QED) is 0.0458. The molecule has 1 N–H and O–H groups in total. The summed E-state index contributed by atoms with van der Waals surface area (Å²) in [4.78, 5) is 58.9. The summed E-state index contributed by atoms with van der Waals surface area (Å²) in [5.41, 5.74) is 8.78. The summed E-state index contributed by atoms with van der Waals surface area (Å²) in [5.74, 6) is 0.850. The van der Waals surface area contributed by atoms with Crippen LogP contribution in [0.2, 0.25) is 0 Å². The number of hydrogen-bond donors (Lipinski definition) is 1. The molecule has 4 atom stereocenters. The van der Waals surface area contributed by atoms with Crippen LogP contribution < -0.4 is 15.0 Å². The van der Waals surface area contributed by atoms with Gasteiger partial charge in [0.05, 0.1) is 6.04 Å². The van der Waals surface area contributed by atoms with E-state index in [1.807, 2.05) is 6.07 Å². The lowest BCUT2D eigenvalue weighted by atomic mass is 9.85. The van der Waals surface area contributed by atoms with Gasteiger partial charge < -0.3 is 9.64 Å². The van der Waals surface area contributed by atoms with Gasteiger partial charge in [-0.15, -0.1) is 11.6 Å². The zero-order chi connectivity index (χ0) is 41.9. The normalized spacial score (nSPS) is 23.8. The molecule has 6 aliphatic rings. The largest absolute Gasteiger partial charge is 0.492 e. The number of carbonyl (C=O) groups is 4. The van der Waals surface area contributed by atoms with Crippen molar-refractivity contribution >= 4 is 52.3 Å². The van der Waals surface area contributed by atoms with Gasteiger partial charge in [0.1, 0.15) is 18.4 Å². The highest BCUT2D eigenvalue weighted by Gasteiger charge is 2.47. The van der Waals surface area contributed by atoms with Crippen LogP contribution in [0.4, 0.5) is 5.69 Å². The molecule has 5 saturated heterocycles. The number of alkyl halides is 1. The van der Waals surface area contributed by atoms with Gasteiger partial charge in [-0.25, -0.2) is 0 Å². The Kier molecular flexibility index (Phi) is 12.5. The number of imide groups is 1. The first-order valence-electron chi connectivity index (χ1n) is 21.9. The standard InChI is InChI=1S/C50H54ClN5O5/c51-22-19-43(35-7-3-1-4-8-35)48(36-9-5-2-6-10-36)37-12-15-42(16-13-37)61-26-25-53-23-20-34(21-24-53)29-54-31-40-27-41(32-54)56(40)39-14-11-38-30-55(45-17-18-47(59)52-50(45)60)49(44(38)28-39)46(58)33-57/h1-16,28,33-34,40-41,45,49H,17-27,29-32H2,(H,52,59,60). The molecule has 2 bridgehead atoms. The number of nitrogens with zero attached hydrogens (tertiary/aromatic N) is 4. The van der Waals surface area contributed by atoms with Crippen LogP contribution >= 0.6 is 11.6 Å². The molecule has 0 aliphatic carbocycles. The molecule has 316 valence electrons. The van der Waals surface area contributed by atoms with Crippen molar-refractivity contribution in [3.63, 3.8) is 0 Å². The van der Waals surface area contributed by atoms with Crippen LogP contribution in [0.5, 0.6) is 5.75 Å². The molecule has 6 heterocycles. The molecule has 2 amide bonds. The van der Waals surface area contributed by atoms with E-state index in [0.29, 0.717) is 49.7 Å². The second-order valence-electron chi connectivity index (χ2n) is 17.3. The van der Waals surface area contributed by atoms with Crippen LogP contribution in [-0.2, 0) is 25.7 Å². The second kappa shape index (κ2) is 18.5. The molecule has 61 heavy (non-hydrogen) atoms. The second-order valence-corrected chi connectivity index (χ2v) is 17.7. The van der Waals surface area contributed by atoms with Gasteiger partial charge in [-0.2, -0.15) is 0 Å². The molecule has 5 fully saturated rings. The number of ether oxygens (including phenoxy) is 1. The molecule has 0 radical (unpaired) electrons. The van der Waals surface area contributed by atoms with E-state index in [1.165, 1.54) is 35.1 Å². The molecule has 10 nitrogen and oxygen atoms in total. The summed E-state index contributed by atoms with van der Waals surface area (Å²) in [7, 11) is 0.